The van der Waals surface area contributed by atoms with E-state index in [9.17, 15) is 21.6 Å². The van der Waals surface area contributed by atoms with Crippen LogP contribution >= 0.6 is 0 Å². The van der Waals surface area contributed by atoms with Crippen molar-refractivity contribution in [1.29, 1.82) is 0 Å². The number of sulfone groups is 1. The molecule has 0 bridgehead atoms. The van der Waals surface area contributed by atoms with Gasteiger partial charge in [0, 0.05) is 7.05 Å². The van der Waals surface area contributed by atoms with Gasteiger partial charge in [0.25, 0.3) is 9.84 Å². The van der Waals surface area contributed by atoms with E-state index in [0.717, 1.165) is 22.7 Å². The lowest BCUT2D eigenvalue weighted by Crippen LogP contribution is -2.24. The molecule has 5 nitrogen and oxygen atoms in total. The molecule has 1 heterocycles. The Morgan fingerprint density at radius 2 is 1.81 bits per heavy atom. The smallest absolute Gasteiger partial charge is 0.377 e. The van der Waals surface area contributed by atoms with Crippen molar-refractivity contribution in [2.45, 2.75) is 23.9 Å². The normalized spacial score (nSPS) is 12.5. The van der Waals surface area contributed by atoms with Gasteiger partial charge >= 0.3 is 5.51 Å². The zero-order valence-electron chi connectivity index (χ0n) is 14.0. The molecule has 1 N–H and O–H groups in total. The topological polar surface area (TPSA) is 64.0 Å². The van der Waals surface area contributed by atoms with Crippen LogP contribution in [0.25, 0.3) is 11.0 Å². The molecule has 1 aromatic heterocycles. The first-order valence-corrected chi connectivity index (χ1v) is 9.16. The fraction of sp³-hybridized carbons (Fsp3) is 0.235. The average Bonchev–Trinajstić information content (AvgIpc) is 2.89. The van der Waals surface area contributed by atoms with E-state index in [1.54, 1.807) is 7.05 Å². The monoisotopic (exact) mass is 383 g/mol. The zero-order chi connectivity index (χ0) is 19.1. The van der Waals surface area contributed by atoms with Gasteiger partial charge in [0.2, 0.25) is 0 Å². The van der Waals surface area contributed by atoms with Crippen LogP contribution in [0.15, 0.2) is 47.4 Å². The summed E-state index contributed by atoms with van der Waals surface area (Å²) in [6.45, 7) is 2.02. The van der Waals surface area contributed by atoms with E-state index in [1.165, 1.54) is 18.2 Å². The zero-order valence-corrected chi connectivity index (χ0v) is 14.8. The van der Waals surface area contributed by atoms with E-state index >= 15 is 0 Å². The van der Waals surface area contributed by atoms with Crippen LogP contribution in [0.1, 0.15) is 11.4 Å². The second-order valence-electron chi connectivity index (χ2n) is 5.83. The second kappa shape index (κ2) is 6.31. The molecule has 138 valence electrons. The van der Waals surface area contributed by atoms with Gasteiger partial charge in [-0.05, 0) is 30.7 Å². The predicted octanol–water partition coefficient (Wildman–Crippen LogP) is 3.79. The van der Waals surface area contributed by atoms with Crippen molar-refractivity contribution in [2.75, 3.05) is 5.32 Å². The van der Waals surface area contributed by atoms with Gasteiger partial charge in [-0.3, -0.25) is 0 Å². The average molecular weight is 383 g/mol. The lowest BCUT2D eigenvalue weighted by molar-refractivity contribution is -0.0435. The van der Waals surface area contributed by atoms with Crippen LogP contribution in [-0.2, 0) is 23.4 Å². The van der Waals surface area contributed by atoms with E-state index in [1.807, 2.05) is 29.7 Å². The molecule has 3 rings (SSSR count). The molecule has 0 aliphatic carbocycles. The summed E-state index contributed by atoms with van der Waals surface area (Å²) in [4.78, 5) is 3.65. The molecule has 0 fully saturated rings. The van der Waals surface area contributed by atoms with Crippen molar-refractivity contribution in [2.24, 2.45) is 7.05 Å². The minimum Gasteiger partial charge on any atom is -0.377 e. The third kappa shape index (κ3) is 3.03. The van der Waals surface area contributed by atoms with Gasteiger partial charge in [-0.25, -0.2) is 13.4 Å². The Kier molecular flexibility index (Phi) is 4.43. The van der Waals surface area contributed by atoms with E-state index in [-0.39, 0.29) is 12.2 Å². The maximum atomic E-state index is 12.9. The molecule has 2 aromatic carbocycles. The molecule has 0 radical (unpaired) electrons. The van der Waals surface area contributed by atoms with Crippen molar-refractivity contribution in [1.82, 2.24) is 9.55 Å². The number of aromatic nitrogens is 2. The summed E-state index contributed by atoms with van der Waals surface area (Å²) in [5.74, 6) is 0.577. The maximum absolute atomic E-state index is 12.9. The summed E-state index contributed by atoms with van der Waals surface area (Å²) in [5, 5.41) is 2.77. The number of fused-ring (bicyclic) bond motifs is 1. The second-order valence-corrected chi connectivity index (χ2v) is 7.74. The Bertz CT molecular complexity index is 1070. The van der Waals surface area contributed by atoms with Gasteiger partial charge in [0.1, 0.15) is 5.82 Å². The Morgan fingerprint density at radius 3 is 2.46 bits per heavy atom. The Balaban J connectivity index is 1.95. The Hall–Kier alpha value is -2.55. The van der Waals surface area contributed by atoms with Crippen LogP contribution in [0.5, 0.6) is 0 Å². The Morgan fingerprint density at radius 1 is 1.12 bits per heavy atom. The number of halogens is 3. The van der Waals surface area contributed by atoms with Gasteiger partial charge in [-0.15, -0.1) is 0 Å². The molecule has 0 saturated heterocycles. The highest BCUT2D eigenvalue weighted by Crippen LogP contribution is 2.34. The van der Waals surface area contributed by atoms with E-state index < -0.39 is 20.2 Å². The molecule has 0 amide bonds. The van der Waals surface area contributed by atoms with Gasteiger partial charge < -0.3 is 9.88 Å². The number of benzene rings is 2. The van der Waals surface area contributed by atoms with Crippen molar-refractivity contribution in [3.05, 3.63) is 53.9 Å². The molecule has 0 atom stereocenters. The van der Waals surface area contributed by atoms with Crippen LogP contribution in [0.2, 0.25) is 0 Å². The Labute approximate surface area is 148 Å². The fourth-order valence-electron chi connectivity index (χ4n) is 2.82. The van der Waals surface area contributed by atoms with Crippen molar-refractivity contribution in [3.8, 4) is 0 Å². The van der Waals surface area contributed by atoms with Crippen molar-refractivity contribution < 1.29 is 21.6 Å². The van der Waals surface area contributed by atoms with Crippen molar-refractivity contribution in [3.63, 3.8) is 0 Å². The van der Waals surface area contributed by atoms with E-state index in [0.29, 0.717) is 5.82 Å². The highest BCUT2D eigenvalue weighted by Gasteiger charge is 2.47. The van der Waals surface area contributed by atoms with E-state index in [4.69, 9.17) is 0 Å². The summed E-state index contributed by atoms with van der Waals surface area (Å²) in [7, 11) is -3.64. The van der Waals surface area contributed by atoms with E-state index in [2.05, 4.69) is 10.3 Å². The molecule has 0 unspecified atom stereocenters. The van der Waals surface area contributed by atoms with Crippen molar-refractivity contribution >= 4 is 26.6 Å². The number of para-hydroxylation sites is 2. The molecular weight excluding hydrogens is 367 g/mol. The van der Waals surface area contributed by atoms with Gasteiger partial charge in [-0.1, -0.05) is 24.3 Å². The van der Waals surface area contributed by atoms with Gasteiger partial charge in [0.05, 0.1) is 28.2 Å². The standard InChI is InChI=1S/C17H16F3N3O2S/c1-11-6-5-8-13-16(11)23(2)15(22-13)10-21-12-7-3-4-9-14(12)26(24,25)17(18,19)20/h3-9,21H,10H2,1-2H3. The molecule has 0 spiro atoms. The molecule has 3 aromatic rings. The summed E-state index contributed by atoms with van der Waals surface area (Å²) in [6.07, 6.45) is 0. The van der Waals surface area contributed by atoms with Crippen LogP contribution < -0.4 is 5.32 Å². The maximum Gasteiger partial charge on any atom is 0.501 e. The van der Waals surface area contributed by atoms with Crippen LogP contribution in [0.4, 0.5) is 18.9 Å². The third-order valence-electron chi connectivity index (χ3n) is 4.11. The molecule has 0 aliphatic rings. The first-order chi connectivity index (χ1) is 12.1. The minimum absolute atomic E-state index is 0.0784. The number of nitrogens with one attached hydrogen (secondary N) is 1. The molecule has 26 heavy (non-hydrogen) atoms. The number of nitrogens with zero attached hydrogens (tertiary/aromatic N) is 2. The number of hydrogen-bond acceptors (Lipinski definition) is 4. The number of anilines is 1. The summed E-state index contributed by atoms with van der Waals surface area (Å²) in [6, 6.07) is 10.6. The number of alkyl halides is 3. The minimum atomic E-state index is -5.44. The SMILES string of the molecule is Cc1cccc2nc(CNc3ccccc3S(=O)(=O)C(F)(F)F)n(C)c12. The number of hydrogen-bond donors (Lipinski definition) is 1. The first kappa shape index (κ1) is 18.2. The lowest BCUT2D eigenvalue weighted by Gasteiger charge is -2.14. The van der Waals surface area contributed by atoms with Crippen LogP contribution in [-0.4, -0.2) is 23.5 Å². The number of aryl methyl sites for hydroxylation is 2. The molecule has 0 saturated carbocycles. The lowest BCUT2D eigenvalue weighted by atomic mass is 10.2. The first-order valence-electron chi connectivity index (χ1n) is 7.68. The molecular formula is C17H16F3N3O2S. The number of imidazole rings is 1. The van der Waals surface area contributed by atoms with Gasteiger partial charge in [0.15, 0.2) is 0 Å². The molecule has 9 heteroatoms. The third-order valence-corrected chi connectivity index (χ3v) is 5.65. The fourth-order valence-corrected chi connectivity index (χ4v) is 3.75. The largest absolute Gasteiger partial charge is 0.501 e. The quantitative estimate of drug-likeness (QED) is 0.745. The van der Waals surface area contributed by atoms with Crippen LogP contribution in [0.3, 0.4) is 0 Å². The summed E-state index contributed by atoms with van der Waals surface area (Å²) in [5.41, 5.74) is -2.78. The van der Waals surface area contributed by atoms with Gasteiger partial charge in [-0.2, -0.15) is 13.2 Å². The molecule has 0 aliphatic heterocycles. The summed E-state index contributed by atoms with van der Waals surface area (Å²) >= 11 is 0. The highest BCUT2D eigenvalue weighted by atomic mass is 32.2. The summed E-state index contributed by atoms with van der Waals surface area (Å²) < 4.78 is 64.0. The predicted molar refractivity (Wildman–Crippen MR) is 92.5 cm³/mol. The van der Waals surface area contributed by atoms with Crippen LogP contribution in [0, 0.1) is 6.92 Å². The highest BCUT2D eigenvalue weighted by molar-refractivity contribution is 7.92. The number of rotatable bonds is 4.